The van der Waals surface area contributed by atoms with E-state index in [0.717, 1.165) is 0 Å². The molecule has 0 aliphatic rings. The minimum Gasteiger partial charge on any atom is -0.411 e. The summed E-state index contributed by atoms with van der Waals surface area (Å²) in [7, 11) is -2.87. The average Bonchev–Trinajstić information content (AvgIpc) is 2.14. The van der Waals surface area contributed by atoms with Crippen molar-refractivity contribution in [3.63, 3.8) is 0 Å². The van der Waals surface area contributed by atoms with Gasteiger partial charge in [0, 0.05) is 14.2 Å². The van der Waals surface area contributed by atoms with Crippen molar-refractivity contribution in [2.45, 2.75) is 51.8 Å². The van der Waals surface area contributed by atoms with E-state index in [-0.39, 0.29) is 0 Å². The first kappa shape index (κ1) is 14.7. The van der Waals surface area contributed by atoms with Crippen LogP contribution in [0.2, 0.25) is 31.9 Å². The van der Waals surface area contributed by atoms with Gasteiger partial charge in [0.1, 0.15) is 0 Å². The Morgan fingerprint density at radius 3 is 1.94 bits per heavy atom. The zero-order valence-corrected chi connectivity index (χ0v) is 14.1. The maximum atomic E-state index is 6.37. The number of benzene rings is 1. The highest BCUT2D eigenvalue weighted by Crippen LogP contribution is 2.22. The third kappa shape index (κ3) is 4.78. The SMILES string of the molecule is CC(C)O[Si](C)(C[Si](C)(C)C)c1ccccc1. The minimum absolute atomic E-state index is 0.322. The monoisotopic (exact) mass is 266 g/mol. The molecule has 0 aliphatic carbocycles. The molecule has 17 heavy (non-hydrogen) atoms. The van der Waals surface area contributed by atoms with Crippen LogP contribution < -0.4 is 5.19 Å². The van der Waals surface area contributed by atoms with Gasteiger partial charge in [-0.05, 0) is 31.2 Å². The van der Waals surface area contributed by atoms with Crippen LogP contribution in [0.3, 0.4) is 0 Å². The second kappa shape index (κ2) is 5.50. The van der Waals surface area contributed by atoms with Gasteiger partial charge in [0.05, 0.1) is 0 Å². The van der Waals surface area contributed by atoms with Gasteiger partial charge in [-0.3, -0.25) is 0 Å². The van der Waals surface area contributed by atoms with Crippen molar-refractivity contribution in [2.75, 3.05) is 0 Å². The standard InChI is InChI=1S/C14H26OSi2/c1-13(2)15-17(6,12-16(3,4)5)14-10-8-7-9-11-14/h7-11,13H,12H2,1-6H3. The van der Waals surface area contributed by atoms with E-state index < -0.39 is 16.4 Å². The number of hydrogen-bond acceptors (Lipinski definition) is 1. The molecule has 1 aromatic rings. The maximum absolute atomic E-state index is 6.37. The first-order valence-corrected chi connectivity index (χ1v) is 12.8. The fourth-order valence-electron chi connectivity index (χ4n) is 2.53. The molecule has 0 heterocycles. The molecule has 0 fully saturated rings. The van der Waals surface area contributed by atoms with Crippen molar-refractivity contribution in [1.29, 1.82) is 0 Å². The van der Waals surface area contributed by atoms with Crippen molar-refractivity contribution in [1.82, 2.24) is 0 Å². The van der Waals surface area contributed by atoms with Crippen LogP contribution in [-0.2, 0) is 4.43 Å². The van der Waals surface area contributed by atoms with Crippen molar-refractivity contribution < 1.29 is 4.43 Å². The smallest absolute Gasteiger partial charge is 0.218 e. The van der Waals surface area contributed by atoms with E-state index in [1.54, 1.807) is 0 Å². The van der Waals surface area contributed by atoms with Gasteiger partial charge >= 0.3 is 0 Å². The third-order valence-corrected chi connectivity index (χ3v) is 12.2. The number of rotatable bonds is 5. The van der Waals surface area contributed by atoms with Gasteiger partial charge in [0.25, 0.3) is 0 Å². The second-order valence-corrected chi connectivity index (χ2v) is 16.3. The van der Waals surface area contributed by atoms with Gasteiger partial charge in [0.2, 0.25) is 8.32 Å². The lowest BCUT2D eigenvalue weighted by Gasteiger charge is -2.34. The summed E-state index contributed by atoms with van der Waals surface area (Å²) >= 11 is 0. The summed E-state index contributed by atoms with van der Waals surface area (Å²) < 4.78 is 6.37. The molecule has 96 valence electrons. The Morgan fingerprint density at radius 2 is 1.53 bits per heavy atom. The predicted molar refractivity (Wildman–Crippen MR) is 82.1 cm³/mol. The fourth-order valence-corrected chi connectivity index (χ4v) is 13.9. The largest absolute Gasteiger partial charge is 0.411 e. The van der Waals surface area contributed by atoms with E-state index in [9.17, 15) is 0 Å². The van der Waals surface area contributed by atoms with Gasteiger partial charge in [-0.1, -0.05) is 50.0 Å². The minimum atomic E-state index is -1.76. The van der Waals surface area contributed by atoms with Crippen LogP contribution in [-0.4, -0.2) is 22.5 Å². The van der Waals surface area contributed by atoms with Crippen LogP contribution in [0.15, 0.2) is 30.3 Å². The normalized spacial score (nSPS) is 15.9. The molecule has 0 amide bonds. The Balaban J connectivity index is 3.02. The highest BCUT2D eigenvalue weighted by molar-refractivity contribution is 6.98. The molecule has 0 radical (unpaired) electrons. The average molecular weight is 267 g/mol. The molecule has 3 heteroatoms. The first-order chi connectivity index (χ1) is 7.73. The van der Waals surface area contributed by atoms with Crippen LogP contribution in [0.25, 0.3) is 0 Å². The lowest BCUT2D eigenvalue weighted by molar-refractivity contribution is 0.237. The van der Waals surface area contributed by atoms with Crippen molar-refractivity contribution in [3.05, 3.63) is 30.3 Å². The molecule has 1 atom stereocenters. The van der Waals surface area contributed by atoms with E-state index >= 15 is 0 Å². The molecule has 0 saturated heterocycles. The van der Waals surface area contributed by atoms with Crippen LogP contribution in [0.1, 0.15) is 13.8 Å². The molecule has 0 aliphatic heterocycles. The Bertz CT molecular complexity index is 343. The molecular weight excluding hydrogens is 240 g/mol. The summed E-state index contributed by atoms with van der Waals surface area (Å²) in [5, 5.41) is 1.44. The van der Waals surface area contributed by atoms with Gasteiger partial charge in [0.15, 0.2) is 0 Å². The summed E-state index contributed by atoms with van der Waals surface area (Å²) in [5.74, 6) is 0. The summed E-state index contributed by atoms with van der Waals surface area (Å²) in [6.07, 6.45) is 0.322. The first-order valence-electron chi connectivity index (χ1n) is 6.46. The molecule has 0 spiro atoms. The highest BCUT2D eigenvalue weighted by atomic mass is 28.4. The second-order valence-electron chi connectivity index (χ2n) is 6.50. The lowest BCUT2D eigenvalue weighted by atomic mass is 10.4. The molecule has 1 rings (SSSR count). The van der Waals surface area contributed by atoms with Gasteiger partial charge in [-0.25, -0.2) is 0 Å². The Kier molecular flexibility index (Phi) is 4.75. The zero-order valence-electron chi connectivity index (χ0n) is 12.1. The van der Waals surface area contributed by atoms with Gasteiger partial charge in [-0.2, -0.15) is 0 Å². The summed E-state index contributed by atoms with van der Waals surface area (Å²) in [5.41, 5.74) is 1.29. The van der Waals surface area contributed by atoms with E-state index in [4.69, 9.17) is 4.43 Å². The van der Waals surface area contributed by atoms with Crippen LogP contribution in [0.5, 0.6) is 0 Å². The van der Waals surface area contributed by atoms with Crippen molar-refractivity contribution >= 4 is 21.6 Å². The molecule has 0 N–H and O–H groups in total. The lowest BCUT2D eigenvalue weighted by Crippen LogP contribution is -2.54. The topological polar surface area (TPSA) is 9.23 Å². The van der Waals surface area contributed by atoms with Gasteiger partial charge < -0.3 is 4.43 Å². The fraction of sp³-hybridized carbons (Fsp3) is 0.571. The molecule has 1 nitrogen and oxygen atoms in total. The molecule has 0 aromatic heterocycles. The van der Waals surface area contributed by atoms with Crippen LogP contribution in [0, 0.1) is 0 Å². The molecule has 1 unspecified atom stereocenters. The quantitative estimate of drug-likeness (QED) is 0.737. The third-order valence-electron chi connectivity index (χ3n) is 2.75. The van der Waals surface area contributed by atoms with Crippen LogP contribution in [0.4, 0.5) is 0 Å². The molecule has 1 aromatic carbocycles. The zero-order chi connectivity index (χ0) is 13.1. The predicted octanol–water partition coefficient (Wildman–Crippen LogP) is 3.77. The van der Waals surface area contributed by atoms with E-state index in [1.807, 2.05) is 0 Å². The summed E-state index contributed by atoms with van der Waals surface area (Å²) in [4.78, 5) is 0. The Hall–Kier alpha value is -0.386. The molecular formula is C14H26OSi2. The number of hydrogen-bond donors (Lipinski definition) is 0. The Morgan fingerprint density at radius 1 is 1.00 bits per heavy atom. The Labute approximate surface area is 108 Å². The van der Waals surface area contributed by atoms with Crippen molar-refractivity contribution in [2.24, 2.45) is 0 Å². The highest BCUT2D eigenvalue weighted by Gasteiger charge is 2.37. The van der Waals surface area contributed by atoms with Gasteiger partial charge in [-0.15, -0.1) is 0 Å². The van der Waals surface area contributed by atoms with E-state index in [2.05, 4.69) is 70.4 Å². The van der Waals surface area contributed by atoms with Crippen LogP contribution >= 0.6 is 0 Å². The summed E-state index contributed by atoms with van der Waals surface area (Å²) in [6, 6.07) is 10.8. The molecule has 0 saturated carbocycles. The van der Waals surface area contributed by atoms with E-state index in [0.29, 0.717) is 6.10 Å². The maximum Gasteiger partial charge on any atom is 0.218 e. The van der Waals surface area contributed by atoms with E-state index in [1.165, 1.54) is 10.9 Å². The summed E-state index contributed by atoms with van der Waals surface area (Å²) in [6.45, 7) is 14.0. The van der Waals surface area contributed by atoms with Crippen molar-refractivity contribution in [3.8, 4) is 0 Å². The molecule has 0 bridgehead atoms.